The molecule has 1 heterocycles. The molecule has 2 aromatic rings. The minimum Gasteiger partial charge on any atom is -0.313 e. The minimum absolute atomic E-state index is 0.0828. The summed E-state index contributed by atoms with van der Waals surface area (Å²) >= 11 is 3.32. The summed E-state index contributed by atoms with van der Waals surface area (Å²) in [7, 11) is 1.88. The number of nitrogens with zero attached hydrogens (tertiary/aromatic N) is 1. The molecule has 0 fully saturated rings. The van der Waals surface area contributed by atoms with Gasteiger partial charge in [0, 0.05) is 22.9 Å². The highest BCUT2D eigenvalue weighted by Gasteiger charge is 2.11. The van der Waals surface area contributed by atoms with Crippen LogP contribution in [-0.4, -0.2) is 12.0 Å². The lowest BCUT2D eigenvalue weighted by atomic mass is 10.00. The van der Waals surface area contributed by atoms with Crippen LogP contribution in [0.4, 0.5) is 4.39 Å². The third kappa shape index (κ3) is 3.37. The SMILES string of the molecule is CNC(Cc1ccncc1)c1cc(F)cc(Br)c1. The van der Waals surface area contributed by atoms with Crippen LogP contribution >= 0.6 is 15.9 Å². The molecular weight excluding hydrogens is 295 g/mol. The third-order valence-corrected chi connectivity index (χ3v) is 3.28. The molecule has 2 nitrogen and oxygen atoms in total. The molecule has 1 atom stereocenters. The molecule has 4 heteroatoms. The van der Waals surface area contributed by atoms with Crippen molar-refractivity contribution < 1.29 is 4.39 Å². The summed E-state index contributed by atoms with van der Waals surface area (Å²) in [6.45, 7) is 0. The van der Waals surface area contributed by atoms with Crippen LogP contribution in [-0.2, 0) is 6.42 Å². The van der Waals surface area contributed by atoms with Gasteiger partial charge in [0.15, 0.2) is 0 Å². The van der Waals surface area contributed by atoms with Crippen molar-refractivity contribution in [2.75, 3.05) is 7.05 Å². The van der Waals surface area contributed by atoms with Crippen LogP contribution in [0.1, 0.15) is 17.2 Å². The van der Waals surface area contributed by atoms with Gasteiger partial charge in [0.2, 0.25) is 0 Å². The van der Waals surface area contributed by atoms with E-state index in [0.717, 1.165) is 16.5 Å². The van der Waals surface area contributed by atoms with E-state index >= 15 is 0 Å². The standard InChI is InChI=1S/C14H14BrFN2/c1-17-14(6-10-2-4-18-5-3-10)11-7-12(15)9-13(16)8-11/h2-5,7-9,14,17H,6H2,1H3. The molecule has 0 bridgehead atoms. The van der Waals surface area contributed by atoms with Gasteiger partial charge in [0.05, 0.1) is 0 Å². The van der Waals surface area contributed by atoms with E-state index in [1.54, 1.807) is 18.5 Å². The molecule has 0 saturated carbocycles. The Morgan fingerprint density at radius 2 is 2.00 bits per heavy atom. The van der Waals surface area contributed by atoms with Gasteiger partial charge < -0.3 is 5.32 Å². The van der Waals surface area contributed by atoms with Crippen molar-refractivity contribution in [3.8, 4) is 0 Å². The lowest BCUT2D eigenvalue weighted by Gasteiger charge is -2.17. The molecule has 0 aliphatic carbocycles. The second kappa shape index (κ2) is 6.07. The van der Waals surface area contributed by atoms with Crippen molar-refractivity contribution in [1.82, 2.24) is 10.3 Å². The zero-order valence-corrected chi connectivity index (χ0v) is 11.6. The van der Waals surface area contributed by atoms with Gasteiger partial charge in [-0.2, -0.15) is 0 Å². The Morgan fingerprint density at radius 1 is 1.28 bits per heavy atom. The second-order valence-corrected chi connectivity index (χ2v) is 5.02. The van der Waals surface area contributed by atoms with Crippen LogP contribution in [0.2, 0.25) is 0 Å². The van der Waals surface area contributed by atoms with E-state index in [4.69, 9.17) is 0 Å². The van der Waals surface area contributed by atoms with Gasteiger partial charge in [-0.25, -0.2) is 4.39 Å². The van der Waals surface area contributed by atoms with Crippen LogP contribution in [0.3, 0.4) is 0 Å². The number of halogens is 2. The fraction of sp³-hybridized carbons (Fsp3) is 0.214. The van der Waals surface area contributed by atoms with E-state index in [9.17, 15) is 4.39 Å². The first kappa shape index (κ1) is 13.2. The maximum absolute atomic E-state index is 13.4. The molecule has 0 radical (unpaired) electrons. The molecule has 18 heavy (non-hydrogen) atoms. The number of benzene rings is 1. The first-order chi connectivity index (χ1) is 8.69. The summed E-state index contributed by atoms with van der Waals surface area (Å²) in [5, 5.41) is 3.21. The van der Waals surface area contributed by atoms with Crippen molar-refractivity contribution in [1.29, 1.82) is 0 Å². The quantitative estimate of drug-likeness (QED) is 0.935. The summed E-state index contributed by atoms with van der Waals surface area (Å²) in [6.07, 6.45) is 4.34. The number of hydrogen-bond acceptors (Lipinski definition) is 2. The minimum atomic E-state index is -0.227. The smallest absolute Gasteiger partial charge is 0.124 e. The molecule has 0 aliphatic rings. The van der Waals surface area contributed by atoms with Gasteiger partial charge in [-0.15, -0.1) is 0 Å². The van der Waals surface area contributed by atoms with E-state index in [-0.39, 0.29) is 11.9 Å². The lowest BCUT2D eigenvalue weighted by molar-refractivity contribution is 0.576. The fourth-order valence-electron chi connectivity index (χ4n) is 1.92. The first-order valence-corrected chi connectivity index (χ1v) is 6.50. The Kier molecular flexibility index (Phi) is 4.44. The zero-order valence-electron chi connectivity index (χ0n) is 10.0. The fourth-order valence-corrected chi connectivity index (χ4v) is 2.40. The Morgan fingerprint density at radius 3 is 2.61 bits per heavy atom. The first-order valence-electron chi connectivity index (χ1n) is 5.71. The predicted octanol–water partition coefficient (Wildman–Crippen LogP) is 3.49. The van der Waals surface area contributed by atoms with Crippen molar-refractivity contribution in [3.05, 3.63) is 64.1 Å². The lowest BCUT2D eigenvalue weighted by Crippen LogP contribution is -2.19. The number of pyridine rings is 1. The molecule has 1 aromatic heterocycles. The Hall–Kier alpha value is -1.26. The van der Waals surface area contributed by atoms with Crippen molar-refractivity contribution in [2.24, 2.45) is 0 Å². The highest BCUT2D eigenvalue weighted by atomic mass is 79.9. The van der Waals surface area contributed by atoms with Crippen LogP contribution in [0, 0.1) is 5.82 Å². The molecule has 0 spiro atoms. The van der Waals surface area contributed by atoms with Crippen LogP contribution in [0.15, 0.2) is 47.2 Å². The number of aromatic nitrogens is 1. The normalized spacial score (nSPS) is 12.4. The van der Waals surface area contributed by atoms with Crippen LogP contribution < -0.4 is 5.32 Å². The summed E-state index contributed by atoms with van der Waals surface area (Å²) in [5.41, 5.74) is 2.10. The van der Waals surface area contributed by atoms with Gasteiger partial charge in [-0.1, -0.05) is 15.9 Å². The van der Waals surface area contributed by atoms with Gasteiger partial charge in [0.25, 0.3) is 0 Å². The molecule has 1 aromatic carbocycles. The van der Waals surface area contributed by atoms with Gasteiger partial charge in [-0.05, 0) is 54.9 Å². The average molecular weight is 309 g/mol. The van der Waals surface area contributed by atoms with Crippen molar-refractivity contribution in [2.45, 2.75) is 12.5 Å². The monoisotopic (exact) mass is 308 g/mol. The van der Waals surface area contributed by atoms with Gasteiger partial charge >= 0.3 is 0 Å². The molecule has 0 aliphatic heterocycles. The van der Waals surface area contributed by atoms with E-state index < -0.39 is 0 Å². The van der Waals surface area contributed by atoms with Gasteiger partial charge in [-0.3, -0.25) is 4.98 Å². The van der Waals surface area contributed by atoms with Crippen molar-refractivity contribution >= 4 is 15.9 Å². The Bertz CT molecular complexity index is 496. The molecular formula is C14H14BrFN2. The molecule has 1 unspecified atom stereocenters. The molecule has 94 valence electrons. The summed E-state index contributed by atoms with van der Waals surface area (Å²) in [6, 6.07) is 8.98. The summed E-state index contributed by atoms with van der Waals surface area (Å²) in [4.78, 5) is 3.99. The van der Waals surface area contributed by atoms with E-state index in [2.05, 4.69) is 26.2 Å². The summed E-state index contributed by atoms with van der Waals surface area (Å²) in [5.74, 6) is -0.227. The zero-order chi connectivity index (χ0) is 13.0. The Balaban J connectivity index is 2.23. The molecule has 0 amide bonds. The molecule has 2 rings (SSSR count). The third-order valence-electron chi connectivity index (χ3n) is 2.82. The number of hydrogen-bond donors (Lipinski definition) is 1. The van der Waals surface area contributed by atoms with E-state index in [0.29, 0.717) is 0 Å². The predicted molar refractivity (Wildman–Crippen MR) is 73.8 cm³/mol. The highest BCUT2D eigenvalue weighted by Crippen LogP contribution is 2.23. The molecule has 0 saturated heterocycles. The topological polar surface area (TPSA) is 24.9 Å². The van der Waals surface area contributed by atoms with E-state index in [1.165, 1.54) is 11.6 Å². The van der Waals surface area contributed by atoms with Crippen molar-refractivity contribution in [3.63, 3.8) is 0 Å². The van der Waals surface area contributed by atoms with Crippen LogP contribution in [0.25, 0.3) is 0 Å². The number of nitrogens with one attached hydrogen (secondary N) is 1. The number of rotatable bonds is 4. The Labute approximate surface area is 114 Å². The van der Waals surface area contributed by atoms with Crippen LogP contribution in [0.5, 0.6) is 0 Å². The van der Waals surface area contributed by atoms with Gasteiger partial charge in [0.1, 0.15) is 5.82 Å². The highest BCUT2D eigenvalue weighted by molar-refractivity contribution is 9.10. The second-order valence-electron chi connectivity index (χ2n) is 4.10. The summed E-state index contributed by atoms with van der Waals surface area (Å²) < 4.78 is 14.2. The largest absolute Gasteiger partial charge is 0.313 e. The van der Waals surface area contributed by atoms with E-state index in [1.807, 2.05) is 25.2 Å². The number of likely N-dealkylation sites (N-methyl/N-ethyl adjacent to an activating group) is 1. The average Bonchev–Trinajstić information content (AvgIpc) is 2.36. The maximum atomic E-state index is 13.4. The maximum Gasteiger partial charge on any atom is 0.124 e. The molecule has 1 N–H and O–H groups in total.